The fourth-order valence-electron chi connectivity index (χ4n) is 4.71. The number of nitrogens with one attached hydrogen (secondary N) is 1. The number of fused-ring (bicyclic) bond motifs is 4. The monoisotopic (exact) mass is 402 g/mol. The molecule has 0 saturated heterocycles. The van der Waals surface area contributed by atoms with E-state index in [9.17, 15) is 4.79 Å². The van der Waals surface area contributed by atoms with Crippen LogP contribution in [0.2, 0.25) is 0 Å². The third-order valence-electron chi connectivity index (χ3n) is 6.75. The third-order valence-corrected chi connectivity index (χ3v) is 6.75. The van der Waals surface area contributed by atoms with E-state index in [0.29, 0.717) is 0 Å². The van der Waals surface area contributed by atoms with Crippen LogP contribution in [0, 0.1) is 0 Å². The van der Waals surface area contributed by atoms with Gasteiger partial charge in [-0.15, -0.1) is 0 Å². The highest BCUT2D eigenvalue weighted by Crippen LogP contribution is 2.46. The van der Waals surface area contributed by atoms with E-state index in [1.807, 2.05) is 12.1 Å². The van der Waals surface area contributed by atoms with Crippen molar-refractivity contribution < 1.29 is 9.90 Å². The first kappa shape index (κ1) is 19.0. The lowest BCUT2D eigenvalue weighted by atomic mass is 9.67. The highest BCUT2D eigenvalue weighted by molar-refractivity contribution is 5.88. The van der Waals surface area contributed by atoms with Crippen molar-refractivity contribution in [3.05, 3.63) is 52.5 Å². The van der Waals surface area contributed by atoms with E-state index in [2.05, 4.69) is 37.9 Å². The predicted molar refractivity (Wildman–Crippen MR) is 115 cm³/mol. The largest absolute Gasteiger partial charge is 0.478 e. The molecule has 2 aliphatic rings. The molecule has 0 bridgehead atoms. The van der Waals surface area contributed by atoms with E-state index in [1.165, 1.54) is 0 Å². The van der Waals surface area contributed by atoms with Gasteiger partial charge in [-0.1, -0.05) is 39.8 Å². The smallest absolute Gasteiger partial charge is 0.335 e. The van der Waals surface area contributed by atoms with Crippen molar-refractivity contribution in [3.8, 4) is 22.6 Å². The van der Waals surface area contributed by atoms with Crippen molar-refractivity contribution in [1.82, 2.24) is 20.2 Å². The van der Waals surface area contributed by atoms with Crippen LogP contribution in [0.15, 0.2) is 24.3 Å². The number of aromatic carboxylic acids is 1. The number of nitrogens with zero attached hydrogens (tertiary/aromatic N) is 3. The highest BCUT2D eigenvalue weighted by atomic mass is 16.4. The number of aromatic nitrogens is 4. The Balaban J connectivity index is 1.63. The Morgan fingerprint density at radius 3 is 2.20 bits per heavy atom. The third kappa shape index (κ3) is 2.77. The van der Waals surface area contributed by atoms with E-state index >= 15 is 0 Å². The summed E-state index contributed by atoms with van der Waals surface area (Å²) in [6.45, 7) is 9.06. The highest BCUT2D eigenvalue weighted by Gasteiger charge is 2.41. The van der Waals surface area contributed by atoms with Crippen LogP contribution in [0.4, 0.5) is 0 Å². The van der Waals surface area contributed by atoms with Crippen LogP contribution < -0.4 is 0 Å². The second-order valence-electron chi connectivity index (χ2n) is 9.79. The summed E-state index contributed by atoms with van der Waals surface area (Å²) in [4.78, 5) is 21.5. The van der Waals surface area contributed by atoms with Gasteiger partial charge in [0.05, 0.1) is 34.0 Å². The molecule has 2 aliphatic carbocycles. The molecule has 3 aromatic rings. The lowest BCUT2D eigenvalue weighted by molar-refractivity contribution is 0.0697. The lowest BCUT2D eigenvalue weighted by Gasteiger charge is -2.40. The normalized spacial score (nSPS) is 18.3. The van der Waals surface area contributed by atoms with Crippen LogP contribution in [0.1, 0.15) is 73.5 Å². The number of carboxylic acid groups (broad SMARTS) is 1. The molecule has 0 atom stereocenters. The van der Waals surface area contributed by atoms with Crippen molar-refractivity contribution in [1.29, 1.82) is 0 Å². The summed E-state index contributed by atoms with van der Waals surface area (Å²) in [6, 6.07) is 6.88. The fraction of sp³-hybridized carbons (Fsp3) is 0.417. The standard InChI is InChI=1S/C24H26N4O2/c1-23(2)11-12-24(3,4)21-20(23)25-16-10-9-15-17(27-28-18(15)19(16)26-21)13-5-7-14(8-6-13)22(29)30/h5-8H,9-12H2,1-4H3,(H,27,28)(H,29,30). The molecule has 2 N–H and O–H groups in total. The maximum Gasteiger partial charge on any atom is 0.335 e. The number of rotatable bonds is 2. The minimum atomic E-state index is -0.926. The van der Waals surface area contributed by atoms with Crippen molar-refractivity contribution in [2.75, 3.05) is 0 Å². The Morgan fingerprint density at radius 1 is 0.933 bits per heavy atom. The molecule has 5 rings (SSSR count). The SMILES string of the molecule is CC1(C)CCC(C)(C)c2nc3c(nc21)CCc1c(-c2ccc(C(=O)O)cc2)n[nH]c1-3. The Hall–Kier alpha value is -3.02. The van der Waals surface area contributed by atoms with Crippen LogP contribution in [0.3, 0.4) is 0 Å². The Labute approximate surface area is 175 Å². The predicted octanol–water partition coefficient (Wildman–Crippen LogP) is 4.68. The topological polar surface area (TPSA) is 91.8 Å². The zero-order valence-electron chi connectivity index (χ0n) is 17.8. The Bertz CT molecular complexity index is 1170. The van der Waals surface area contributed by atoms with E-state index in [4.69, 9.17) is 15.1 Å². The number of hydrogen-bond acceptors (Lipinski definition) is 4. The number of carbonyl (C=O) groups is 1. The first-order chi connectivity index (χ1) is 14.2. The van der Waals surface area contributed by atoms with Crippen LogP contribution in [-0.2, 0) is 23.7 Å². The van der Waals surface area contributed by atoms with Crippen LogP contribution >= 0.6 is 0 Å². The lowest BCUT2D eigenvalue weighted by Crippen LogP contribution is -2.37. The minimum Gasteiger partial charge on any atom is -0.478 e. The van der Waals surface area contributed by atoms with Gasteiger partial charge in [-0.2, -0.15) is 5.10 Å². The van der Waals surface area contributed by atoms with E-state index in [1.54, 1.807) is 12.1 Å². The van der Waals surface area contributed by atoms with Gasteiger partial charge < -0.3 is 5.11 Å². The van der Waals surface area contributed by atoms with Gasteiger partial charge >= 0.3 is 5.97 Å². The van der Waals surface area contributed by atoms with Gasteiger partial charge in [0.2, 0.25) is 0 Å². The van der Waals surface area contributed by atoms with Gasteiger partial charge in [-0.3, -0.25) is 10.1 Å². The zero-order valence-corrected chi connectivity index (χ0v) is 17.8. The quantitative estimate of drug-likeness (QED) is 0.649. The first-order valence-electron chi connectivity index (χ1n) is 10.5. The molecule has 0 amide bonds. The minimum absolute atomic E-state index is 0.00000819. The van der Waals surface area contributed by atoms with Gasteiger partial charge in [0.1, 0.15) is 5.69 Å². The summed E-state index contributed by atoms with van der Waals surface area (Å²) in [7, 11) is 0. The molecule has 2 aromatic heterocycles. The molecule has 0 radical (unpaired) electrons. The van der Waals surface area contributed by atoms with Gasteiger partial charge in [-0.05, 0) is 37.8 Å². The Morgan fingerprint density at radius 2 is 1.57 bits per heavy atom. The summed E-state index contributed by atoms with van der Waals surface area (Å²) in [5.41, 5.74) is 8.38. The number of H-pyrrole nitrogens is 1. The van der Waals surface area contributed by atoms with Crippen molar-refractivity contribution in [2.24, 2.45) is 0 Å². The molecular weight excluding hydrogens is 376 g/mol. The van der Waals surface area contributed by atoms with Gasteiger partial charge in [-0.25, -0.2) is 9.78 Å². The van der Waals surface area contributed by atoms with Gasteiger partial charge in [0.25, 0.3) is 0 Å². The molecule has 6 nitrogen and oxygen atoms in total. The molecule has 0 fully saturated rings. The number of aromatic amines is 1. The number of aryl methyl sites for hydroxylation is 1. The summed E-state index contributed by atoms with van der Waals surface area (Å²) in [6.07, 6.45) is 3.88. The van der Waals surface area contributed by atoms with Gasteiger partial charge in [0.15, 0.2) is 0 Å². The molecule has 2 heterocycles. The van der Waals surface area contributed by atoms with E-state index in [0.717, 1.165) is 71.0 Å². The summed E-state index contributed by atoms with van der Waals surface area (Å²) >= 11 is 0. The number of hydrogen-bond donors (Lipinski definition) is 2. The molecule has 0 aliphatic heterocycles. The van der Waals surface area contributed by atoms with Gasteiger partial charge in [0, 0.05) is 22.0 Å². The molecule has 30 heavy (non-hydrogen) atoms. The van der Waals surface area contributed by atoms with Crippen LogP contribution in [0.25, 0.3) is 22.6 Å². The van der Waals surface area contributed by atoms with E-state index < -0.39 is 5.97 Å². The number of benzene rings is 1. The zero-order chi connectivity index (χ0) is 21.3. The molecule has 0 spiro atoms. The second-order valence-corrected chi connectivity index (χ2v) is 9.79. The van der Waals surface area contributed by atoms with Crippen molar-refractivity contribution in [2.45, 2.75) is 64.2 Å². The molecule has 0 unspecified atom stereocenters. The van der Waals surface area contributed by atoms with Crippen molar-refractivity contribution >= 4 is 5.97 Å². The summed E-state index contributed by atoms with van der Waals surface area (Å²) in [5, 5.41) is 16.9. The second kappa shape index (κ2) is 6.24. The average molecular weight is 402 g/mol. The number of carboxylic acids is 1. The molecule has 0 saturated carbocycles. The average Bonchev–Trinajstić information content (AvgIpc) is 3.15. The summed E-state index contributed by atoms with van der Waals surface area (Å²) < 4.78 is 0. The first-order valence-corrected chi connectivity index (χ1v) is 10.5. The summed E-state index contributed by atoms with van der Waals surface area (Å²) in [5.74, 6) is -0.926. The maximum atomic E-state index is 11.1. The molecule has 1 aromatic carbocycles. The van der Waals surface area contributed by atoms with Crippen LogP contribution in [0.5, 0.6) is 0 Å². The Kier molecular flexibility index (Phi) is 3.95. The molecule has 154 valence electrons. The molecule has 6 heteroatoms. The van der Waals surface area contributed by atoms with E-state index in [-0.39, 0.29) is 16.4 Å². The molecular formula is C24H26N4O2. The maximum absolute atomic E-state index is 11.1. The van der Waals surface area contributed by atoms with Crippen LogP contribution in [-0.4, -0.2) is 31.2 Å². The fourth-order valence-corrected chi connectivity index (χ4v) is 4.71. The van der Waals surface area contributed by atoms with Crippen molar-refractivity contribution in [3.63, 3.8) is 0 Å².